The molecule has 1 amide bonds. The summed E-state index contributed by atoms with van der Waals surface area (Å²) in [6, 6.07) is 1.20. The molecule has 1 aromatic heterocycles. The summed E-state index contributed by atoms with van der Waals surface area (Å²) in [6.45, 7) is 2.62. The molecule has 1 aromatic rings. The molecule has 5 heteroatoms. The molecule has 0 aliphatic heterocycles. The molecular formula is C14H18F2N2O. The van der Waals surface area contributed by atoms with Crippen LogP contribution < -0.4 is 5.32 Å². The van der Waals surface area contributed by atoms with E-state index >= 15 is 0 Å². The molecule has 1 N–H and O–H groups in total. The van der Waals surface area contributed by atoms with Gasteiger partial charge in [0.15, 0.2) is 5.82 Å². The van der Waals surface area contributed by atoms with E-state index in [4.69, 9.17) is 0 Å². The van der Waals surface area contributed by atoms with Gasteiger partial charge in [0, 0.05) is 12.7 Å². The number of carbonyl (C=O) groups is 1. The fraction of sp³-hybridized carbons (Fsp3) is 0.571. The lowest BCUT2D eigenvalue weighted by atomic mass is 9.83. The van der Waals surface area contributed by atoms with Crippen molar-refractivity contribution in [2.45, 2.75) is 39.0 Å². The van der Waals surface area contributed by atoms with Crippen LogP contribution in [0.1, 0.15) is 49.4 Å². The summed E-state index contributed by atoms with van der Waals surface area (Å²) in [5, 5.41) is 2.73. The fourth-order valence-corrected chi connectivity index (χ4v) is 2.74. The molecular weight excluding hydrogens is 250 g/mol. The van der Waals surface area contributed by atoms with Gasteiger partial charge < -0.3 is 5.32 Å². The quantitative estimate of drug-likeness (QED) is 0.853. The molecule has 0 aromatic carbocycles. The van der Waals surface area contributed by atoms with Crippen molar-refractivity contribution >= 4 is 5.91 Å². The first-order valence-electron chi connectivity index (χ1n) is 6.66. The Morgan fingerprint density at radius 2 is 2.11 bits per heavy atom. The lowest BCUT2D eigenvalue weighted by Crippen LogP contribution is -2.36. The number of amides is 1. The molecule has 0 saturated heterocycles. The Morgan fingerprint density at radius 3 is 2.74 bits per heavy atom. The summed E-state index contributed by atoms with van der Waals surface area (Å²) in [4.78, 5) is 15.1. The molecule has 1 fully saturated rings. The Balaban J connectivity index is 2.03. The third-order valence-electron chi connectivity index (χ3n) is 4.13. The minimum atomic E-state index is -1.24. The third-order valence-corrected chi connectivity index (χ3v) is 4.13. The number of aromatic nitrogens is 1. The number of carbonyl (C=O) groups excluding carboxylic acids is 1. The highest BCUT2D eigenvalue weighted by molar-refractivity contribution is 5.94. The smallest absolute Gasteiger partial charge is 0.254 e. The number of halogens is 2. The van der Waals surface area contributed by atoms with Crippen LogP contribution in [0, 0.1) is 17.2 Å². The number of hydrogen-bond acceptors (Lipinski definition) is 2. The SMILES string of the molecule is CCC1(CNC(=O)c2ccnc(F)c2F)CCCC1. The van der Waals surface area contributed by atoms with Crippen molar-refractivity contribution in [2.24, 2.45) is 5.41 Å². The summed E-state index contributed by atoms with van der Waals surface area (Å²) in [5.41, 5.74) is -0.158. The van der Waals surface area contributed by atoms with E-state index in [0.29, 0.717) is 6.54 Å². The first kappa shape index (κ1) is 13.9. The largest absolute Gasteiger partial charge is 0.351 e. The van der Waals surface area contributed by atoms with Gasteiger partial charge in [-0.3, -0.25) is 4.79 Å². The highest BCUT2D eigenvalue weighted by atomic mass is 19.2. The maximum absolute atomic E-state index is 13.4. The van der Waals surface area contributed by atoms with Gasteiger partial charge >= 0.3 is 0 Å². The van der Waals surface area contributed by atoms with Crippen LogP contribution >= 0.6 is 0 Å². The van der Waals surface area contributed by atoms with Crippen LogP contribution in [-0.4, -0.2) is 17.4 Å². The van der Waals surface area contributed by atoms with Gasteiger partial charge in [-0.15, -0.1) is 0 Å². The van der Waals surface area contributed by atoms with Gasteiger partial charge in [0.05, 0.1) is 5.56 Å². The van der Waals surface area contributed by atoms with Crippen molar-refractivity contribution in [3.05, 3.63) is 29.6 Å². The predicted octanol–water partition coefficient (Wildman–Crippen LogP) is 3.06. The van der Waals surface area contributed by atoms with Gasteiger partial charge in [-0.25, -0.2) is 9.37 Å². The first-order chi connectivity index (χ1) is 9.08. The van der Waals surface area contributed by atoms with Gasteiger partial charge in [0.25, 0.3) is 5.91 Å². The third kappa shape index (κ3) is 2.91. The van der Waals surface area contributed by atoms with Crippen LogP contribution in [0.3, 0.4) is 0 Å². The van der Waals surface area contributed by atoms with Crippen LogP contribution in [0.15, 0.2) is 12.3 Å². The second-order valence-corrected chi connectivity index (χ2v) is 5.21. The average molecular weight is 268 g/mol. The lowest BCUT2D eigenvalue weighted by molar-refractivity contribution is 0.0923. The van der Waals surface area contributed by atoms with Crippen LogP contribution in [0.25, 0.3) is 0 Å². The number of rotatable bonds is 4. The molecule has 1 aliphatic carbocycles. The minimum Gasteiger partial charge on any atom is -0.351 e. The number of hydrogen-bond donors (Lipinski definition) is 1. The summed E-state index contributed by atoms with van der Waals surface area (Å²) < 4.78 is 26.4. The number of pyridine rings is 1. The Morgan fingerprint density at radius 1 is 1.42 bits per heavy atom. The highest BCUT2D eigenvalue weighted by Crippen LogP contribution is 2.40. The standard InChI is InChI=1S/C14H18F2N2O/c1-2-14(6-3-4-7-14)9-18-13(19)10-5-8-17-12(16)11(10)15/h5,8H,2-4,6-7,9H2,1H3,(H,18,19). The summed E-state index contributed by atoms with van der Waals surface area (Å²) in [6.07, 6.45) is 6.58. The first-order valence-corrected chi connectivity index (χ1v) is 6.66. The van der Waals surface area contributed by atoms with E-state index in [2.05, 4.69) is 17.2 Å². The van der Waals surface area contributed by atoms with E-state index in [1.807, 2.05) is 0 Å². The zero-order chi connectivity index (χ0) is 13.9. The van der Waals surface area contributed by atoms with E-state index in [0.717, 1.165) is 25.5 Å². The number of nitrogens with zero attached hydrogens (tertiary/aromatic N) is 1. The molecule has 1 heterocycles. The summed E-state index contributed by atoms with van der Waals surface area (Å²) >= 11 is 0. The second kappa shape index (κ2) is 5.63. The van der Waals surface area contributed by atoms with E-state index in [1.165, 1.54) is 18.9 Å². The van der Waals surface area contributed by atoms with Crippen LogP contribution in [0.4, 0.5) is 8.78 Å². The van der Waals surface area contributed by atoms with Gasteiger partial charge in [0.2, 0.25) is 5.95 Å². The molecule has 104 valence electrons. The van der Waals surface area contributed by atoms with E-state index in [1.54, 1.807) is 0 Å². The van der Waals surface area contributed by atoms with Crippen molar-refractivity contribution < 1.29 is 13.6 Å². The maximum atomic E-state index is 13.4. The number of nitrogens with one attached hydrogen (secondary N) is 1. The molecule has 0 atom stereocenters. The monoisotopic (exact) mass is 268 g/mol. The van der Waals surface area contributed by atoms with Crippen LogP contribution in [-0.2, 0) is 0 Å². The van der Waals surface area contributed by atoms with E-state index in [9.17, 15) is 13.6 Å². The molecule has 0 bridgehead atoms. The van der Waals surface area contributed by atoms with Crippen molar-refractivity contribution in [3.63, 3.8) is 0 Å². The normalized spacial score (nSPS) is 17.4. The van der Waals surface area contributed by atoms with Crippen LogP contribution in [0.2, 0.25) is 0 Å². The Labute approximate surface area is 111 Å². The maximum Gasteiger partial charge on any atom is 0.254 e. The minimum absolute atomic E-state index is 0.123. The van der Waals surface area contributed by atoms with Gasteiger partial charge in [-0.05, 0) is 30.7 Å². The van der Waals surface area contributed by atoms with Crippen molar-refractivity contribution in [3.8, 4) is 0 Å². The molecule has 2 rings (SSSR count). The summed E-state index contributed by atoms with van der Waals surface area (Å²) in [7, 11) is 0. The van der Waals surface area contributed by atoms with Crippen molar-refractivity contribution in [2.75, 3.05) is 6.54 Å². The van der Waals surface area contributed by atoms with E-state index < -0.39 is 17.7 Å². The summed E-state index contributed by atoms with van der Waals surface area (Å²) in [5.74, 6) is -2.99. The van der Waals surface area contributed by atoms with Crippen molar-refractivity contribution in [1.82, 2.24) is 10.3 Å². The zero-order valence-corrected chi connectivity index (χ0v) is 11.0. The molecule has 19 heavy (non-hydrogen) atoms. The molecule has 0 spiro atoms. The topological polar surface area (TPSA) is 42.0 Å². The average Bonchev–Trinajstić information content (AvgIpc) is 2.89. The predicted molar refractivity (Wildman–Crippen MR) is 67.7 cm³/mol. The molecule has 3 nitrogen and oxygen atoms in total. The molecule has 1 saturated carbocycles. The second-order valence-electron chi connectivity index (χ2n) is 5.21. The van der Waals surface area contributed by atoms with Crippen LogP contribution in [0.5, 0.6) is 0 Å². The van der Waals surface area contributed by atoms with Gasteiger partial charge in [-0.1, -0.05) is 19.8 Å². The Bertz CT molecular complexity index is 471. The Kier molecular flexibility index (Phi) is 4.12. The zero-order valence-electron chi connectivity index (χ0n) is 11.0. The molecule has 0 radical (unpaired) electrons. The highest BCUT2D eigenvalue weighted by Gasteiger charge is 2.32. The fourth-order valence-electron chi connectivity index (χ4n) is 2.74. The van der Waals surface area contributed by atoms with E-state index in [-0.39, 0.29) is 11.0 Å². The van der Waals surface area contributed by atoms with Gasteiger partial charge in [0.1, 0.15) is 0 Å². The van der Waals surface area contributed by atoms with Crippen molar-refractivity contribution in [1.29, 1.82) is 0 Å². The molecule has 1 aliphatic rings. The van der Waals surface area contributed by atoms with Gasteiger partial charge in [-0.2, -0.15) is 4.39 Å². The lowest BCUT2D eigenvalue weighted by Gasteiger charge is -2.27. The molecule has 0 unspecified atom stereocenters. The Hall–Kier alpha value is -1.52.